The fourth-order valence-corrected chi connectivity index (χ4v) is 2.46. The van der Waals surface area contributed by atoms with Crippen LogP contribution < -0.4 is 5.32 Å². The summed E-state index contributed by atoms with van der Waals surface area (Å²) in [6.45, 7) is 3.34. The first-order valence-corrected chi connectivity index (χ1v) is 6.36. The van der Waals surface area contributed by atoms with Crippen LogP contribution in [0.4, 0.5) is 5.69 Å². The van der Waals surface area contributed by atoms with Crippen molar-refractivity contribution in [2.75, 3.05) is 11.9 Å². The van der Waals surface area contributed by atoms with Crippen LogP contribution in [0.3, 0.4) is 0 Å². The van der Waals surface area contributed by atoms with E-state index in [1.165, 1.54) is 19.3 Å². The van der Waals surface area contributed by atoms with E-state index in [2.05, 4.69) is 34.2 Å². The molecule has 0 spiro atoms. The van der Waals surface area contributed by atoms with Gasteiger partial charge in [-0.15, -0.1) is 0 Å². The summed E-state index contributed by atoms with van der Waals surface area (Å²) in [5.74, 6) is 0. The minimum Gasteiger partial charge on any atom is -0.384 e. The molecular formula is C13H15BrN2. The Balaban J connectivity index is 2.00. The van der Waals surface area contributed by atoms with Gasteiger partial charge in [-0.1, -0.05) is 13.3 Å². The van der Waals surface area contributed by atoms with Crippen molar-refractivity contribution in [3.63, 3.8) is 0 Å². The third kappa shape index (κ3) is 2.38. The average molecular weight is 279 g/mol. The van der Waals surface area contributed by atoms with Crippen LogP contribution in [0.25, 0.3) is 0 Å². The Morgan fingerprint density at radius 3 is 2.75 bits per heavy atom. The van der Waals surface area contributed by atoms with Gasteiger partial charge in [-0.3, -0.25) is 0 Å². The van der Waals surface area contributed by atoms with Gasteiger partial charge in [-0.05, 0) is 52.4 Å². The van der Waals surface area contributed by atoms with E-state index in [9.17, 15) is 0 Å². The molecule has 0 atom stereocenters. The number of nitriles is 1. The standard InChI is InChI=1S/C13H15BrN2/c1-13(5-2-6-13)9-16-11-4-3-10(8-15)12(14)7-11/h3-4,7,16H,2,5-6,9H2,1H3. The summed E-state index contributed by atoms with van der Waals surface area (Å²) in [5, 5.41) is 12.3. The molecule has 1 fully saturated rings. The van der Waals surface area contributed by atoms with Crippen LogP contribution in [0.2, 0.25) is 0 Å². The number of hydrogen-bond donors (Lipinski definition) is 1. The fourth-order valence-electron chi connectivity index (χ4n) is 1.99. The minimum atomic E-state index is 0.473. The third-order valence-corrected chi connectivity index (χ3v) is 4.03. The van der Waals surface area contributed by atoms with E-state index in [1.54, 1.807) is 0 Å². The van der Waals surface area contributed by atoms with Gasteiger partial charge in [0.2, 0.25) is 0 Å². The maximum atomic E-state index is 8.82. The Morgan fingerprint density at radius 1 is 1.50 bits per heavy atom. The molecule has 0 bridgehead atoms. The summed E-state index contributed by atoms with van der Waals surface area (Å²) in [7, 11) is 0. The number of nitrogens with zero attached hydrogens (tertiary/aromatic N) is 1. The van der Waals surface area contributed by atoms with Crippen molar-refractivity contribution >= 4 is 21.6 Å². The molecule has 0 saturated heterocycles. The Kier molecular flexibility index (Phi) is 3.20. The lowest BCUT2D eigenvalue weighted by Crippen LogP contribution is -2.33. The first-order chi connectivity index (χ1) is 7.63. The third-order valence-electron chi connectivity index (χ3n) is 3.37. The van der Waals surface area contributed by atoms with Crippen LogP contribution in [0.5, 0.6) is 0 Å². The van der Waals surface area contributed by atoms with Crippen molar-refractivity contribution in [3.05, 3.63) is 28.2 Å². The molecule has 0 heterocycles. The van der Waals surface area contributed by atoms with Crippen LogP contribution in [-0.2, 0) is 0 Å². The summed E-state index contributed by atoms with van der Waals surface area (Å²) < 4.78 is 0.860. The molecule has 84 valence electrons. The summed E-state index contributed by atoms with van der Waals surface area (Å²) >= 11 is 3.40. The molecule has 0 unspecified atom stereocenters. The monoisotopic (exact) mass is 278 g/mol. The zero-order valence-electron chi connectivity index (χ0n) is 9.39. The number of halogens is 1. The second-order valence-corrected chi connectivity index (χ2v) is 5.68. The molecule has 2 rings (SSSR count). The lowest BCUT2D eigenvalue weighted by molar-refractivity contribution is 0.180. The molecule has 2 nitrogen and oxygen atoms in total. The Labute approximate surface area is 105 Å². The molecular weight excluding hydrogens is 264 g/mol. The summed E-state index contributed by atoms with van der Waals surface area (Å²) in [5.41, 5.74) is 2.24. The van der Waals surface area contributed by atoms with Crippen molar-refractivity contribution in [2.24, 2.45) is 5.41 Å². The van der Waals surface area contributed by atoms with E-state index in [0.717, 1.165) is 16.7 Å². The highest BCUT2D eigenvalue weighted by atomic mass is 79.9. The maximum absolute atomic E-state index is 8.82. The molecule has 16 heavy (non-hydrogen) atoms. The highest BCUT2D eigenvalue weighted by molar-refractivity contribution is 9.10. The van der Waals surface area contributed by atoms with Crippen LogP contribution in [-0.4, -0.2) is 6.54 Å². The van der Waals surface area contributed by atoms with Gasteiger partial charge in [0.15, 0.2) is 0 Å². The molecule has 1 saturated carbocycles. The highest BCUT2D eigenvalue weighted by Gasteiger charge is 2.31. The number of hydrogen-bond acceptors (Lipinski definition) is 2. The number of nitrogens with one attached hydrogen (secondary N) is 1. The molecule has 3 heteroatoms. The largest absolute Gasteiger partial charge is 0.384 e. The Morgan fingerprint density at radius 2 is 2.25 bits per heavy atom. The second-order valence-electron chi connectivity index (χ2n) is 4.82. The van der Waals surface area contributed by atoms with E-state index in [4.69, 9.17) is 5.26 Å². The van der Waals surface area contributed by atoms with Crippen LogP contribution in [0.1, 0.15) is 31.7 Å². The van der Waals surface area contributed by atoms with E-state index in [0.29, 0.717) is 11.0 Å². The summed E-state index contributed by atoms with van der Waals surface area (Å²) in [4.78, 5) is 0. The molecule has 0 amide bonds. The number of benzene rings is 1. The van der Waals surface area contributed by atoms with Gasteiger partial charge in [-0.25, -0.2) is 0 Å². The minimum absolute atomic E-state index is 0.473. The lowest BCUT2D eigenvalue weighted by atomic mass is 9.70. The Bertz CT molecular complexity index is 430. The van der Waals surface area contributed by atoms with Crippen molar-refractivity contribution in [1.82, 2.24) is 0 Å². The summed E-state index contributed by atoms with van der Waals surface area (Å²) in [6.07, 6.45) is 3.99. The summed E-state index contributed by atoms with van der Waals surface area (Å²) in [6, 6.07) is 7.92. The molecule has 0 radical (unpaired) electrons. The van der Waals surface area contributed by atoms with Gasteiger partial charge in [-0.2, -0.15) is 5.26 Å². The SMILES string of the molecule is CC1(CNc2ccc(C#N)c(Br)c2)CCC1. The predicted molar refractivity (Wildman–Crippen MR) is 69.3 cm³/mol. The average Bonchev–Trinajstić information content (AvgIpc) is 2.24. The van der Waals surface area contributed by atoms with E-state index < -0.39 is 0 Å². The van der Waals surface area contributed by atoms with Gasteiger partial charge in [0.1, 0.15) is 6.07 Å². The molecule has 0 aliphatic heterocycles. The zero-order valence-corrected chi connectivity index (χ0v) is 11.0. The van der Waals surface area contributed by atoms with Crippen LogP contribution >= 0.6 is 15.9 Å². The van der Waals surface area contributed by atoms with Gasteiger partial charge in [0.25, 0.3) is 0 Å². The molecule has 1 aliphatic carbocycles. The van der Waals surface area contributed by atoms with Crippen LogP contribution in [0.15, 0.2) is 22.7 Å². The van der Waals surface area contributed by atoms with Gasteiger partial charge >= 0.3 is 0 Å². The van der Waals surface area contributed by atoms with Crippen molar-refractivity contribution in [3.8, 4) is 6.07 Å². The molecule has 1 aromatic carbocycles. The maximum Gasteiger partial charge on any atom is 0.100 e. The quantitative estimate of drug-likeness (QED) is 0.910. The number of anilines is 1. The predicted octanol–water partition coefficient (Wildman–Crippen LogP) is 3.92. The normalized spacial score (nSPS) is 17.3. The van der Waals surface area contributed by atoms with Crippen LogP contribution in [0, 0.1) is 16.7 Å². The van der Waals surface area contributed by atoms with E-state index in [1.807, 2.05) is 18.2 Å². The highest BCUT2D eigenvalue weighted by Crippen LogP contribution is 2.40. The Hall–Kier alpha value is -1.01. The van der Waals surface area contributed by atoms with Gasteiger partial charge < -0.3 is 5.32 Å². The lowest BCUT2D eigenvalue weighted by Gasteiger charge is -2.38. The van der Waals surface area contributed by atoms with E-state index >= 15 is 0 Å². The molecule has 1 aliphatic rings. The fraction of sp³-hybridized carbons (Fsp3) is 0.462. The topological polar surface area (TPSA) is 35.8 Å². The van der Waals surface area contributed by atoms with Crippen molar-refractivity contribution in [1.29, 1.82) is 5.26 Å². The van der Waals surface area contributed by atoms with Crippen molar-refractivity contribution in [2.45, 2.75) is 26.2 Å². The molecule has 0 aromatic heterocycles. The van der Waals surface area contributed by atoms with Gasteiger partial charge in [0.05, 0.1) is 5.56 Å². The second kappa shape index (κ2) is 4.47. The smallest absolute Gasteiger partial charge is 0.100 e. The van der Waals surface area contributed by atoms with E-state index in [-0.39, 0.29) is 0 Å². The molecule has 1 N–H and O–H groups in total. The first kappa shape index (κ1) is 11.5. The zero-order chi connectivity index (χ0) is 11.6. The number of rotatable bonds is 3. The van der Waals surface area contributed by atoms with Crippen molar-refractivity contribution < 1.29 is 0 Å². The molecule has 1 aromatic rings. The van der Waals surface area contributed by atoms with Gasteiger partial charge in [0, 0.05) is 16.7 Å². The first-order valence-electron chi connectivity index (χ1n) is 5.56.